The lowest BCUT2D eigenvalue weighted by Gasteiger charge is -2.14. The second-order valence-electron chi connectivity index (χ2n) is 8.44. The summed E-state index contributed by atoms with van der Waals surface area (Å²) in [5.41, 5.74) is 9.32. The van der Waals surface area contributed by atoms with Crippen molar-refractivity contribution in [1.29, 1.82) is 0 Å². The van der Waals surface area contributed by atoms with Crippen molar-refractivity contribution in [3.8, 4) is 34.3 Å². The fraction of sp³-hybridized carbons (Fsp3) is 0.192. The summed E-state index contributed by atoms with van der Waals surface area (Å²) >= 11 is 0. The number of epoxide rings is 1. The van der Waals surface area contributed by atoms with E-state index in [0.29, 0.717) is 34.7 Å². The molecule has 1 aliphatic rings. The van der Waals surface area contributed by atoms with Gasteiger partial charge in [-0.25, -0.2) is 14.5 Å². The molecule has 0 radical (unpaired) electrons. The summed E-state index contributed by atoms with van der Waals surface area (Å²) in [5.74, 6) is 3.41. The Bertz CT molecular complexity index is 1570. The van der Waals surface area contributed by atoms with Gasteiger partial charge in [-0.15, -0.1) is 5.10 Å². The van der Waals surface area contributed by atoms with Crippen molar-refractivity contribution >= 4 is 17.2 Å². The summed E-state index contributed by atoms with van der Waals surface area (Å²) in [4.78, 5) is 9.34. The number of aromatic nitrogens is 5. The molecular weight excluding hydrogens is 474 g/mol. The number of ether oxygens (including phenoxy) is 4. The van der Waals surface area contributed by atoms with Crippen molar-refractivity contribution in [3.63, 3.8) is 0 Å². The maximum absolute atomic E-state index is 5.85. The number of hydrogen-bond acceptors (Lipinski definition) is 9. The zero-order valence-corrected chi connectivity index (χ0v) is 20.5. The molecule has 0 aliphatic carbocycles. The smallest absolute Gasteiger partial charge is 0.203 e. The van der Waals surface area contributed by atoms with E-state index in [1.165, 1.54) is 0 Å². The number of fused-ring (bicyclic) bond motifs is 1. The van der Waals surface area contributed by atoms with E-state index in [1.807, 2.05) is 65.5 Å². The second kappa shape index (κ2) is 9.12. The summed E-state index contributed by atoms with van der Waals surface area (Å²) in [6.45, 7) is 0. The third-order valence-corrected chi connectivity index (χ3v) is 6.17. The number of rotatable bonds is 8. The molecule has 4 heterocycles. The number of anilines is 2. The van der Waals surface area contributed by atoms with Crippen LogP contribution in [0.3, 0.4) is 0 Å². The number of imidazole rings is 1. The zero-order chi connectivity index (χ0) is 25.5. The van der Waals surface area contributed by atoms with Gasteiger partial charge in [0.15, 0.2) is 23.1 Å². The van der Waals surface area contributed by atoms with Gasteiger partial charge in [-0.2, -0.15) is 0 Å². The molecule has 0 spiro atoms. The lowest BCUT2D eigenvalue weighted by Crippen LogP contribution is -2.04. The largest absolute Gasteiger partial charge is 0.493 e. The molecule has 1 saturated heterocycles. The van der Waals surface area contributed by atoms with E-state index >= 15 is 0 Å². The molecule has 2 unspecified atom stereocenters. The molecule has 188 valence electrons. The molecule has 1 fully saturated rings. The lowest BCUT2D eigenvalue weighted by molar-refractivity contribution is 0.324. The van der Waals surface area contributed by atoms with E-state index in [4.69, 9.17) is 29.7 Å². The van der Waals surface area contributed by atoms with Gasteiger partial charge in [-0.05, 0) is 23.8 Å². The van der Waals surface area contributed by atoms with Crippen LogP contribution in [-0.4, -0.2) is 51.7 Å². The standard InChI is InChI=1S/C26H25N7O4/c1-34-19-11-17(12-20(35-2)23(19)36-3)32-13-21(28-14-32)29-26-18-8-5-9-33(18)31-25(30-26)16-7-4-6-15(10-16)22-24(27)37-22/h4-14,22,24H,27H2,1-3H3,(H,29,30,31). The van der Waals surface area contributed by atoms with Crippen LogP contribution < -0.4 is 25.3 Å². The van der Waals surface area contributed by atoms with Gasteiger partial charge in [0.2, 0.25) is 5.75 Å². The maximum atomic E-state index is 5.85. The summed E-state index contributed by atoms with van der Waals surface area (Å²) in [6, 6.07) is 15.5. The van der Waals surface area contributed by atoms with Crippen LogP contribution >= 0.6 is 0 Å². The maximum Gasteiger partial charge on any atom is 0.203 e. The predicted octanol–water partition coefficient (Wildman–Crippen LogP) is 3.71. The summed E-state index contributed by atoms with van der Waals surface area (Å²) in [7, 11) is 4.74. The highest BCUT2D eigenvalue weighted by Crippen LogP contribution is 2.39. The fourth-order valence-corrected chi connectivity index (χ4v) is 4.26. The van der Waals surface area contributed by atoms with Crippen molar-refractivity contribution < 1.29 is 18.9 Å². The minimum absolute atomic E-state index is 0.0907. The molecule has 2 aromatic carbocycles. The van der Waals surface area contributed by atoms with E-state index in [9.17, 15) is 0 Å². The first kappa shape index (κ1) is 22.8. The Morgan fingerprint density at radius 3 is 2.49 bits per heavy atom. The van der Waals surface area contributed by atoms with Crippen molar-refractivity contribution in [1.82, 2.24) is 24.1 Å². The van der Waals surface area contributed by atoms with Crippen molar-refractivity contribution in [2.24, 2.45) is 5.73 Å². The Balaban J connectivity index is 1.34. The van der Waals surface area contributed by atoms with E-state index in [2.05, 4.69) is 15.4 Å². The Hall–Kier alpha value is -4.61. The van der Waals surface area contributed by atoms with Gasteiger partial charge in [0.1, 0.15) is 30.0 Å². The van der Waals surface area contributed by atoms with Crippen molar-refractivity contribution in [2.75, 3.05) is 26.6 Å². The van der Waals surface area contributed by atoms with Crippen LogP contribution in [-0.2, 0) is 4.74 Å². The van der Waals surface area contributed by atoms with Gasteiger partial charge >= 0.3 is 0 Å². The van der Waals surface area contributed by atoms with Gasteiger partial charge in [-0.1, -0.05) is 18.2 Å². The molecule has 3 N–H and O–H groups in total. The Morgan fingerprint density at radius 2 is 1.78 bits per heavy atom. The molecular formula is C26H25N7O4. The highest BCUT2D eigenvalue weighted by atomic mass is 16.6. The van der Waals surface area contributed by atoms with Gasteiger partial charge < -0.3 is 34.6 Å². The highest BCUT2D eigenvalue weighted by Gasteiger charge is 2.36. The van der Waals surface area contributed by atoms with E-state index in [-0.39, 0.29) is 12.3 Å². The first-order valence-corrected chi connectivity index (χ1v) is 11.6. The van der Waals surface area contributed by atoms with Crippen LogP contribution in [0.1, 0.15) is 11.7 Å². The monoisotopic (exact) mass is 499 g/mol. The number of nitrogens with zero attached hydrogens (tertiary/aromatic N) is 5. The van der Waals surface area contributed by atoms with Gasteiger partial charge in [0.05, 0.1) is 33.2 Å². The average molecular weight is 500 g/mol. The Kier molecular flexibility index (Phi) is 5.63. The number of methoxy groups -OCH3 is 3. The Morgan fingerprint density at radius 1 is 1.00 bits per heavy atom. The third kappa shape index (κ3) is 4.20. The van der Waals surface area contributed by atoms with Gasteiger partial charge in [0, 0.05) is 23.9 Å². The zero-order valence-electron chi connectivity index (χ0n) is 20.5. The summed E-state index contributed by atoms with van der Waals surface area (Å²) < 4.78 is 25.4. The van der Waals surface area contributed by atoms with Crippen molar-refractivity contribution in [2.45, 2.75) is 12.3 Å². The minimum atomic E-state index is -0.263. The van der Waals surface area contributed by atoms with E-state index in [0.717, 1.165) is 22.3 Å². The quantitative estimate of drug-likeness (QED) is 0.307. The van der Waals surface area contributed by atoms with Crippen LogP contribution in [0, 0.1) is 0 Å². The number of nitrogens with two attached hydrogens (primary N) is 1. The summed E-state index contributed by atoms with van der Waals surface area (Å²) in [6.07, 6.45) is 5.08. The molecule has 0 bridgehead atoms. The topological polar surface area (TPSA) is 126 Å². The molecule has 11 nitrogen and oxygen atoms in total. The highest BCUT2D eigenvalue weighted by molar-refractivity contribution is 5.74. The molecule has 5 aromatic rings. The van der Waals surface area contributed by atoms with Crippen LogP contribution in [0.25, 0.3) is 22.6 Å². The van der Waals surface area contributed by atoms with Crippen LogP contribution in [0.4, 0.5) is 11.6 Å². The van der Waals surface area contributed by atoms with Crippen LogP contribution in [0.15, 0.2) is 67.3 Å². The molecule has 11 heteroatoms. The number of benzene rings is 2. The molecule has 1 aliphatic heterocycles. The first-order chi connectivity index (χ1) is 18.1. The molecule has 2 atom stereocenters. The molecule has 3 aromatic heterocycles. The van der Waals surface area contributed by atoms with E-state index in [1.54, 1.807) is 32.2 Å². The number of hydrogen-bond donors (Lipinski definition) is 2. The van der Waals surface area contributed by atoms with Gasteiger partial charge in [-0.3, -0.25) is 0 Å². The predicted molar refractivity (Wildman–Crippen MR) is 137 cm³/mol. The molecule has 6 rings (SSSR count). The SMILES string of the molecule is COc1cc(-n2cnc(Nc3nc(-c4cccc(C5OC5N)c4)nn4cccc34)c2)cc(OC)c1OC. The normalized spacial score (nSPS) is 16.5. The lowest BCUT2D eigenvalue weighted by atomic mass is 10.1. The van der Waals surface area contributed by atoms with Crippen LogP contribution in [0.2, 0.25) is 0 Å². The van der Waals surface area contributed by atoms with Crippen molar-refractivity contribution in [3.05, 3.63) is 72.8 Å². The third-order valence-electron chi connectivity index (χ3n) is 6.17. The van der Waals surface area contributed by atoms with E-state index < -0.39 is 0 Å². The number of nitrogens with one attached hydrogen (secondary N) is 1. The average Bonchev–Trinajstić information content (AvgIpc) is 3.28. The fourth-order valence-electron chi connectivity index (χ4n) is 4.26. The van der Waals surface area contributed by atoms with Gasteiger partial charge in [0.25, 0.3) is 0 Å². The summed E-state index contributed by atoms with van der Waals surface area (Å²) in [5, 5.41) is 8.02. The second-order valence-corrected chi connectivity index (χ2v) is 8.44. The molecule has 0 amide bonds. The molecule has 37 heavy (non-hydrogen) atoms. The van der Waals surface area contributed by atoms with Crippen LogP contribution in [0.5, 0.6) is 17.2 Å². The Labute approximate surface area is 212 Å². The molecule has 0 saturated carbocycles. The minimum Gasteiger partial charge on any atom is -0.493 e. The first-order valence-electron chi connectivity index (χ1n) is 11.6.